The Morgan fingerprint density at radius 3 is 1.64 bits per heavy atom. The van der Waals surface area contributed by atoms with E-state index in [-0.39, 0.29) is 13.1 Å². The molecule has 0 spiro atoms. The van der Waals surface area contributed by atoms with Crippen molar-refractivity contribution in [1.29, 1.82) is 0 Å². The van der Waals surface area contributed by atoms with Gasteiger partial charge in [-0.1, -0.05) is 0 Å². The van der Waals surface area contributed by atoms with Gasteiger partial charge < -0.3 is 10.1 Å². The summed E-state index contributed by atoms with van der Waals surface area (Å²) >= 11 is 0. The van der Waals surface area contributed by atoms with Gasteiger partial charge in [0.05, 0.1) is 6.10 Å². The molecule has 0 radical (unpaired) electrons. The zero-order chi connectivity index (χ0) is 11.0. The maximum Gasteiger partial charge on any atom is 0.423 e. The van der Waals surface area contributed by atoms with E-state index in [1.807, 2.05) is 0 Å². The van der Waals surface area contributed by atoms with Crippen molar-refractivity contribution in [2.24, 2.45) is 0 Å². The molecule has 0 unspecified atom stereocenters. The number of hydrogen-bond donors (Lipinski definition) is 1. The summed E-state index contributed by atoms with van der Waals surface area (Å²) < 4.78 is 75.1. The smallest absolute Gasteiger partial charge is 0.355 e. The summed E-state index contributed by atoms with van der Waals surface area (Å²) in [5.74, 6) is 0. The minimum Gasteiger partial charge on any atom is -0.355 e. The van der Waals surface area contributed by atoms with Gasteiger partial charge in [-0.2, -0.15) is 26.3 Å². The molecule has 0 aromatic rings. The molecule has 1 fully saturated rings. The van der Waals surface area contributed by atoms with Crippen LogP contribution >= 0.6 is 0 Å². The zero-order valence-corrected chi connectivity index (χ0v) is 6.74. The lowest BCUT2D eigenvalue weighted by Gasteiger charge is -2.33. The molecule has 0 aromatic carbocycles. The molecule has 2 nitrogen and oxygen atoms in total. The van der Waals surface area contributed by atoms with E-state index in [1.165, 1.54) is 0 Å². The van der Waals surface area contributed by atoms with Gasteiger partial charge in [0.1, 0.15) is 0 Å². The summed E-state index contributed by atoms with van der Waals surface area (Å²) in [7, 11) is 0. The van der Waals surface area contributed by atoms with Crippen LogP contribution in [0.25, 0.3) is 0 Å². The molecule has 0 amide bonds. The third-order valence-electron chi connectivity index (χ3n) is 1.67. The number of ether oxygens (including phenoxy) is 1. The Hall–Kier alpha value is -0.500. The van der Waals surface area contributed by atoms with Crippen LogP contribution in [-0.4, -0.2) is 37.7 Å². The van der Waals surface area contributed by atoms with E-state index < -0.39 is 24.6 Å². The van der Waals surface area contributed by atoms with Crippen molar-refractivity contribution in [3.05, 3.63) is 0 Å². The summed E-state index contributed by atoms with van der Waals surface area (Å²) in [6, 6.07) is 0. The van der Waals surface area contributed by atoms with Crippen LogP contribution in [0.2, 0.25) is 0 Å². The first-order valence-corrected chi connectivity index (χ1v) is 3.71. The first kappa shape index (κ1) is 11.6. The molecular weight excluding hydrogens is 216 g/mol. The Morgan fingerprint density at radius 1 is 1.00 bits per heavy atom. The predicted octanol–water partition coefficient (Wildman–Crippen LogP) is 1.47. The first-order chi connectivity index (χ1) is 6.21. The molecule has 1 aliphatic rings. The van der Waals surface area contributed by atoms with Gasteiger partial charge in [-0.05, 0) is 0 Å². The van der Waals surface area contributed by atoms with E-state index in [0.717, 1.165) is 0 Å². The average molecular weight is 223 g/mol. The van der Waals surface area contributed by atoms with Crippen molar-refractivity contribution in [2.75, 3.05) is 13.1 Å². The molecule has 8 heteroatoms. The van der Waals surface area contributed by atoms with Crippen LogP contribution in [0.4, 0.5) is 26.3 Å². The van der Waals surface area contributed by atoms with Gasteiger partial charge in [0.25, 0.3) is 0 Å². The lowest BCUT2D eigenvalue weighted by atomic mass is 10.2. The highest BCUT2D eigenvalue weighted by Gasteiger charge is 2.59. The highest BCUT2D eigenvalue weighted by molar-refractivity contribution is 4.82. The van der Waals surface area contributed by atoms with Crippen molar-refractivity contribution in [1.82, 2.24) is 5.32 Å². The molecule has 1 heterocycles. The van der Waals surface area contributed by atoms with Crippen molar-refractivity contribution in [3.8, 4) is 0 Å². The number of halogens is 6. The summed E-state index contributed by atoms with van der Waals surface area (Å²) in [5.41, 5.74) is 0. The molecule has 0 saturated carbocycles. The lowest BCUT2D eigenvalue weighted by Crippen LogP contribution is -2.55. The molecule has 0 aromatic heterocycles. The number of hydrogen-bond acceptors (Lipinski definition) is 2. The fraction of sp³-hybridized carbons (Fsp3) is 1.00. The zero-order valence-electron chi connectivity index (χ0n) is 6.74. The second kappa shape index (κ2) is 3.58. The predicted molar refractivity (Wildman–Crippen MR) is 33.6 cm³/mol. The van der Waals surface area contributed by atoms with Crippen LogP contribution in [0.5, 0.6) is 0 Å². The van der Waals surface area contributed by atoms with Gasteiger partial charge >= 0.3 is 12.4 Å². The number of nitrogens with one attached hydrogen (secondary N) is 1. The fourth-order valence-corrected chi connectivity index (χ4v) is 0.891. The van der Waals surface area contributed by atoms with Gasteiger partial charge in [0, 0.05) is 13.1 Å². The van der Waals surface area contributed by atoms with Gasteiger partial charge in [-0.15, -0.1) is 0 Å². The third-order valence-corrected chi connectivity index (χ3v) is 1.67. The molecule has 1 N–H and O–H groups in total. The van der Waals surface area contributed by atoms with Crippen LogP contribution in [0.3, 0.4) is 0 Å². The van der Waals surface area contributed by atoms with Crippen molar-refractivity contribution in [3.63, 3.8) is 0 Å². The van der Waals surface area contributed by atoms with E-state index in [1.54, 1.807) is 0 Å². The molecule has 0 atom stereocenters. The van der Waals surface area contributed by atoms with Crippen LogP contribution in [-0.2, 0) is 4.74 Å². The molecule has 84 valence electrons. The standard InChI is InChI=1S/C6H7F6NO/c7-5(8,9)4(6(10,11)12)14-3-1-13-2-3/h3-4,13H,1-2H2. The maximum absolute atomic E-state index is 11.9. The van der Waals surface area contributed by atoms with Gasteiger partial charge in [-0.3, -0.25) is 0 Å². The first-order valence-electron chi connectivity index (χ1n) is 3.71. The Morgan fingerprint density at radius 2 is 1.43 bits per heavy atom. The minimum absolute atomic E-state index is 0.0165. The van der Waals surface area contributed by atoms with Crippen molar-refractivity contribution in [2.45, 2.75) is 24.6 Å². The highest BCUT2D eigenvalue weighted by atomic mass is 19.4. The summed E-state index contributed by atoms with van der Waals surface area (Å²) in [6.07, 6.45) is -15.5. The second-order valence-electron chi connectivity index (χ2n) is 2.88. The normalized spacial score (nSPS) is 19.9. The molecule has 0 bridgehead atoms. The van der Waals surface area contributed by atoms with Gasteiger partial charge in [0.2, 0.25) is 6.10 Å². The van der Waals surface area contributed by atoms with E-state index in [0.29, 0.717) is 0 Å². The van der Waals surface area contributed by atoms with Crippen LogP contribution in [0, 0.1) is 0 Å². The van der Waals surface area contributed by atoms with E-state index in [9.17, 15) is 26.3 Å². The second-order valence-corrected chi connectivity index (χ2v) is 2.88. The van der Waals surface area contributed by atoms with Crippen molar-refractivity contribution >= 4 is 0 Å². The summed E-state index contributed by atoms with van der Waals surface area (Å²) in [6.45, 7) is 0.0331. The molecule has 0 aliphatic carbocycles. The quantitative estimate of drug-likeness (QED) is 0.715. The topological polar surface area (TPSA) is 21.3 Å². The lowest BCUT2D eigenvalue weighted by molar-refractivity contribution is -0.333. The Balaban J connectivity index is 2.61. The number of rotatable bonds is 2. The fourth-order valence-electron chi connectivity index (χ4n) is 0.891. The van der Waals surface area contributed by atoms with E-state index in [2.05, 4.69) is 10.1 Å². The van der Waals surface area contributed by atoms with E-state index >= 15 is 0 Å². The van der Waals surface area contributed by atoms with Crippen LogP contribution < -0.4 is 5.32 Å². The Kier molecular flexibility index (Phi) is 2.96. The van der Waals surface area contributed by atoms with E-state index in [4.69, 9.17) is 0 Å². The monoisotopic (exact) mass is 223 g/mol. The SMILES string of the molecule is FC(F)(F)C(OC1CNC1)C(F)(F)F. The molecular formula is C6H7F6NO. The molecule has 1 rings (SSSR count). The van der Waals surface area contributed by atoms with Crippen molar-refractivity contribution < 1.29 is 31.1 Å². The Bertz CT molecular complexity index is 181. The summed E-state index contributed by atoms with van der Waals surface area (Å²) in [4.78, 5) is 0. The van der Waals surface area contributed by atoms with Crippen LogP contribution in [0.1, 0.15) is 0 Å². The minimum atomic E-state index is -5.41. The average Bonchev–Trinajstić information content (AvgIpc) is 1.76. The Labute approximate surface area is 75.2 Å². The molecule has 1 saturated heterocycles. The maximum atomic E-state index is 11.9. The summed E-state index contributed by atoms with van der Waals surface area (Å²) in [5, 5.41) is 2.51. The largest absolute Gasteiger partial charge is 0.423 e. The molecule has 14 heavy (non-hydrogen) atoms. The van der Waals surface area contributed by atoms with Gasteiger partial charge in [0.15, 0.2) is 0 Å². The highest BCUT2D eigenvalue weighted by Crippen LogP contribution is 2.36. The van der Waals surface area contributed by atoms with Gasteiger partial charge in [-0.25, -0.2) is 0 Å². The third kappa shape index (κ3) is 2.74. The van der Waals surface area contributed by atoms with Crippen LogP contribution in [0.15, 0.2) is 0 Å². The molecule has 1 aliphatic heterocycles. The number of alkyl halides is 6.